The molecule has 0 saturated heterocycles. The first-order valence-corrected chi connectivity index (χ1v) is 6.97. The van der Waals surface area contributed by atoms with E-state index in [4.69, 9.17) is 0 Å². The minimum absolute atomic E-state index is 0.0625. The van der Waals surface area contributed by atoms with Gasteiger partial charge >= 0.3 is 0 Å². The summed E-state index contributed by atoms with van der Waals surface area (Å²) in [6.07, 6.45) is 4.92. The molecule has 3 N–H and O–H groups in total. The van der Waals surface area contributed by atoms with Crippen molar-refractivity contribution < 1.29 is 9.90 Å². The molecule has 7 nitrogen and oxygen atoms in total. The van der Waals surface area contributed by atoms with Gasteiger partial charge in [0.2, 0.25) is 0 Å². The highest BCUT2D eigenvalue weighted by atomic mass is 16.3. The zero-order valence-electron chi connectivity index (χ0n) is 11.4. The molecule has 0 radical (unpaired) electrons. The Morgan fingerprint density at radius 3 is 2.95 bits per heavy atom. The molecule has 21 heavy (non-hydrogen) atoms. The van der Waals surface area contributed by atoms with Crippen molar-refractivity contribution in [3.05, 3.63) is 42.0 Å². The molecule has 2 aromatic heterocycles. The van der Waals surface area contributed by atoms with Crippen molar-refractivity contribution in [2.45, 2.75) is 31.4 Å². The summed E-state index contributed by atoms with van der Waals surface area (Å²) < 4.78 is 0. The number of aliphatic hydroxyl groups excluding tert-OH is 1. The van der Waals surface area contributed by atoms with E-state index < -0.39 is 0 Å². The van der Waals surface area contributed by atoms with E-state index >= 15 is 0 Å². The smallest absolute Gasteiger partial charge is 0.273 e. The number of aromatic nitrogens is 4. The first-order chi connectivity index (χ1) is 10.2. The number of carbonyl (C=O) groups is 1. The SMILES string of the molecule is O=C(N[C@@H](Cc1ccccn1)C1CC(O)C1)c1cn[nH]n1. The molecule has 1 fully saturated rings. The summed E-state index contributed by atoms with van der Waals surface area (Å²) in [5.74, 6) is 0.00364. The molecule has 2 heterocycles. The Bertz CT molecular complexity index is 581. The lowest BCUT2D eigenvalue weighted by Gasteiger charge is -2.37. The number of pyridine rings is 1. The van der Waals surface area contributed by atoms with Gasteiger partial charge in [0.05, 0.1) is 12.3 Å². The van der Waals surface area contributed by atoms with Crippen LogP contribution in [0.3, 0.4) is 0 Å². The molecule has 7 heteroatoms. The van der Waals surface area contributed by atoms with E-state index in [0.29, 0.717) is 19.3 Å². The third kappa shape index (κ3) is 3.25. The van der Waals surface area contributed by atoms with Crippen LogP contribution >= 0.6 is 0 Å². The van der Waals surface area contributed by atoms with Crippen molar-refractivity contribution in [2.24, 2.45) is 5.92 Å². The summed E-state index contributed by atoms with van der Waals surface area (Å²) in [7, 11) is 0. The molecule has 0 bridgehead atoms. The summed E-state index contributed by atoms with van der Waals surface area (Å²) in [4.78, 5) is 16.4. The summed E-state index contributed by atoms with van der Waals surface area (Å²) in [6, 6.07) is 5.66. The van der Waals surface area contributed by atoms with Gasteiger partial charge in [-0.25, -0.2) is 0 Å². The van der Waals surface area contributed by atoms with Gasteiger partial charge < -0.3 is 10.4 Å². The first-order valence-electron chi connectivity index (χ1n) is 6.97. The van der Waals surface area contributed by atoms with Crippen molar-refractivity contribution in [1.29, 1.82) is 0 Å². The maximum atomic E-state index is 12.1. The number of hydrogen-bond donors (Lipinski definition) is 3. The number of aliphatic hydroxyl groups is 1. The lowest BCUT2D eigenvalue weighted by molar-refractivity contribution is 0.0237. The van der Waals surface area contributed by atoms with Crippen LogP contribution in [-0.2, 0) is 6.42 Å². The van der Waals surface area contributed by atoms with Crippen LogP contribution in [0.2, 0.25) is 0 Å². The maximum absolute atomic E-state index is 12.1. The third-order valence-corrected chi connectivity index (χ3v) is 3.84. The fourth-order valence-corrected chi connectivity index (χ4v) is 2.59. The Morgan fingerprint density at radius 2 is 2.33 bits per heavy atom. The Morgan fingerprint density at radius 1 is 1.48 bits per heavy atom. The average Bonchev–Trinajstić information content (AvgIpc) is 2.98. The van der Waals surface area contributed by atoms with Gasteiger partial charge in [-0.1, -0.05) is 6.07 Å². The highest BCUT2D eigenvalue weighted by Crippen LogP contribution is 2.31. The van der Waals surface area contributed by atoms with Gasteiger partial charge in [-0.15, -0.1) is 0 Å². The van der Waals surface area contributed by atoms with Crippen LogP contribution in [0.25, 0.3) is 0 Å². The second kappa shape index (κ2) is 6.01. The molecule has 3 rings (SSSR count). The maximum Gasteiger partial charge on any atom is 0.273 e. The molecule has 0 spiro atoms. The van der Waals surface area contributed by atoms with E-state index in [2.05, 4.69) is 25.7 Å². The minimum Gasteiger partial charge on any atom is -0.393 e. The quantitative estimate of drug-likeness (QED) is 0.734. The molecule has 2 aromatic rings. The van der Waals surface area contributed by atoms with Crippen LogP contribution in [0.5, 0.6) is 0 Å². The molecular weight excluding hydrogens is 270 g/mol. The predicted molar refractivity (Wildman–Crippen MR) is 74.3 cm³/mol. The minimum atomic E-state index is -0.259. The molecule has 1 amide bonds. The van der Waals surface area contributed by atoms with Gasteiger partial charge in [0.25, 0.3) is 5.91 Å². The van der Waals surface area contributed by atoms with Crippen molar-refractivity contribution in [1.82, 2.24) is 25.7 Å². The van der Waals surface area contributed by atoms with Crippen molar-refractivity contribution in [3.8, 4) is 0 Å². The zero-order chi connectivity index (χ0) is 14.7. The van der Waals surface area contributed by atoms with Gasteiger partial charge in [-0.2, -0.15) is 15.4 Å². The average molecular weight is 287 g/mol. The first kappa shape index (κ1) is 13.7. The summed E-state index contributed by atoms with van der Waals surface area (Å²) in [5, 5.41) is 22.3. The largest absolute Gasteiger partial charge is 0.393 e. The van der Waals surface area contributed by atoms with Crippen LogP contribution in [0.1, 0.15) is 29.0 Å². The van der Waals surface area contributed by atoms with E-state index in [1.54, 1.807) is 6.20 Å². The summed E-state index contributed by atoms with van der Waals surface area (Å²) >= 11 is 0. The molecule has 1 aliphatic carbocycles. The standard InChI is InChI=1S/C14H17N5O2/c20-11-5-9(6-11)12(7-10-3-1-2-4-15-10)17-14(21)13-8-16-19-18-13/h1-4,8-9,11-12,20H,5-7H2,(H,17,21)(H,16,18,19)/t9?,11?,12-/m0/s1. The Hall–Kier alpha value is -2.28. The molecule has 110 valence electrons. The van der Waals surface area contributed by atoms with Gasteiger partial charge in [-0.3, -0.25) is 9.78 Å². The lowest BCUT2D eigenvalue weighted by Crippen LogP contribution is -2.48. The van der Waals surface area contributed by atoms with E-state index in [1.165, 1.54) is 6.20 Å². The van der Waals surface area contributed by atoms with Gasteiger partial charge in [0.1, 0.15) is 0 Å². The van der Waals surface area contributed by atoms with Crippen LogP contribution in [0, 0.1) is 5.92 Å². The number of nitrogens with zero attached hydrogens (tertiary/aromatic N) is 3. The normalized spacial score (nSPS) is 22.3. The number of amides is 1. The Kier molecular flexibility index (Phi) is 3.92. The molecule has 1 saturated carbocycles. The van der Waals surface area contributed by atoms with Crippen molar-refractivity contribution >= 4 is 5.91 Å². The van der Waals surface area contributed by atoms with E-state index in [0.717, 1.165) is 5.69 Å². The molecule has 0 unspecified atom stereocenters. The van der Waals surface area contributed by atoms with Crippen LogP contribution in [-0.4, -0.2) is 43.6 Å². The number of carbonyl (C=O) groups excluding carboxylic acids is 1. The Balaban J connectivity index is 1.69. The third-order valence-electron chi connectivity index (χ3n) is 3.84. The predicted octanol–water partition coefficient (Wildman–Crippen LogP) is 0.312. The highest BCUT2D eigenvalue weighted by molar-refractivity contribution is 5.92. The monoisotopic (exact) mass is 287 g/mol. The molecule has 1 aliphatic rings. The molecule has 1 atom stereocenters. The fourth-order valence-electron chi connectivity index (χ4n) is 2.59. The van der Waals surface area contributed by atoms with Crippen LogP contribution in [0.15, 0.2) is 30.6 Å². The number of hydrogen-bond acceptors (Lipinski definition) is 5. The topological polar surface area (TPSA) is 104 Å². The number of H-pyrrole nitrogens is 1. The highest BCUT2D eigenvalue weighted by Gasteiger charge is 2.35. The second-order valence-corrected chi connectivity index (χ2v) is 5.35. The molecule has 0 aromatic carbocycles. The van der Waals surface area contributed by atoms with Gasteiger partial charge in [0, 0.05) is 24.4 Å². The molecule has 0 aliphatic heterocycles. The van der Waals surface area contributed by atoms with Crippen LogP contribution in [0.4, 0.5) is 0 Å². The van der Waals surface area contributed by atoms with Gasteiger partial charge in [0.15, 0.2) is 5.69 Å². The Labute approximate surface area is 121 Å². The second-order valence-electron chi connectivity index (χ2n) is 5.35. The summed E-state index contributed by atoms with van der Waals surface area (Å²) in [5.41, 5.74) is 1.19. The fraction of sp³-hybridized carbons (Fsp3) is 0.429. The summed E-state index contributed by atoms with van der Waals surface area (Å²) in [6.45, 7) is 0. The number of nitrogens with one attached hydrogen (secondary N) is 2. The zero-order valence-corrected chi connectivity index (χ0v) is 11.4. The van der Waals surface area contributed by atoms with Crippen molar-refractivity contribution in [3.63, 3.8) is 0 Å². The van der Waals surface area contributed by atoms with E-state index in [9.17, 15) is 9.90 Å². The molecular formula is C14H17N5O2. The van der Waals surface area contributed by atoms with Gasteiger partial charge in [-0.05, 0) is 30.9 Å². The van der Waals surface area contributed by atoms with Crippen molar-refractivity contribution in [2.75, 3.05) is 0 Å². The van der Waals surface area contributed by atoms with Crippen LogP contribution < -0.4 is 5.32 Å². The number of aromatic amines is 1. The van der Waals surface area contributed by atoms with E-state index in [1.807, 2.05) is 18.2 Å². The number of rotatable bonds is 5. The van der Waals surface area contributed by atoms with E-state index in [-0.39, 0.29) is 29.7 Å². The lowest BCUT2D eigenvalue weighted by atomic mass is 9.76.